The lowest BCUT2D eigenvalue weighted by Crippen LogP contribution is -2.38. The highest BCUT2D eigenvalue weighted by atomic mass is 35.5. The van der Waals surface area contributed by atoms with Gasteiger partial charge in [-0.3, -0.25) is 4.79 Å². The molecule has 0 radical (unpaired) electrons. The Morgan fingerprint density at radius 3 is 2.89 bits per heavy atom. The summed E-state index contributed by atoms with van der Waals surface area (Å²) in [4.78, 5) is 24.8. The number of nitrogens with zero attached hydrogens (tertiary/aromatic N) is 3. The Hall–Kier alpha value is -2.09. The molecule has 3 heterocycles. The predicted molar refractivity (Wildman–Crippen MR) is 111 cm³/mol. The van der Waals surface area contributed by atoms with E-state index in [0.29, 0.717) is 0 Å². The van der Waals surface area contributed by atoms with Crippen LogP contribution in [-0.4, -0.2) is 32.0 Å². The van der Waals surface area contributed by atoms with Crippen molar-refractivity contribution in [3.05, 3.63) is 41.7 Å². The zero-order chi connectivity index (χ0) is 17.4. The molecule has 0 bridgehead atoms. The van der Waals surface area contributed by atoms with Gasteiger partial charge in [-0.05, 0) is 25.1 Å². The van der Waals surface area contributed by atoms with Gasteiger partial charge in [-0.2, -0.15) is 0 Å². The van der Waals surface area contributed by atoms with E-state index in [4.69, 9.17) is 0 Å². The predicted octanol–water partition coefficient (Wildman–Crippen LogP) is 3.01. The second kappa shape index (κ2) is 8.73. The Labute approximate surface area is 170 Å². The van der Waals surface area contributed by atoms with E-state index in [1.165, 1.54) is 0 Å². The summed E-state index contributed by atoms with van der Waals surface area (Å²) in [5.41, 5.74) is 4.58. The quantitative estimate of drug-likeness (QED) is 0.616. The first-order chi connectivity index (χ1) is 12.2. The van der Waals surface area contributed by atoms with Crippen molar-refractivity contribution in [1.82, 2.24) is 24.8 Å². The van der Waals surface area contributed by atoms with E-state index >= 15 is 0 Å². The summed E-state index contributed by atoms with van der Waals surface area (Å²) in [6.45, 7) is 5.87. The number of carbonyl (C=O) groups is 1. The molecule has 0 spiro atoms. The number of benzene rings is 1. The van der Waals surface area contributed by atoms with Gasteiger partial charge in [-0.1, -0.05) is 6.92 Å². The Morgan fingerprint density at radius 1 is 1.33 bits per heavy atom. The number of aromatic amines is 1. The van der Waals surface area contributed by atoms with Crippen LogP contribution in [0.3, 0.4) is 0 Å². The molecule has 3 aromatic rings. The third kappa shape index (κ3) is 3.81. The zero-order valence-electron chi connectivity index (χ0n) is 15.3. The minimum absolute atomic E-state index is 0. The summed E-state index contributed by atoms with van der Waals surface area (Å²) in [5, 5.41) is 6.23. The number of amides is 1. The third-order valence-corrected chi connectivity index (χ3v) is 4.74. The largest absolute Gasteiger partial charge is 0.348 e. The molecule has 1 unspecified atom stereocenters. The van der Waals surface area contributed by atoms with E-state index < -0.39 is 6.04 Å². The van der Waals surface area contributed by atoms with Gasteiger partial charge in [0, 0.05) is 37.3 Å². The Morgan fingerprint density at radius 2 is 2.15 bits per heavy atom. The summed E-state index contributed by atoms with van der Waals surface area (Å²) >= 11 is 0. The lowest BCUT2D eigenvalue weighted by Gasteiger charge is -2.22. The van der Waals surface area contributed by atoms with Gasteiger partial charge < -0.3 is 20.2 Å². The molecule has 1 amide bonds. The smallest absolute Gasteiger partial charge is 0.247 e. The van der Waals surface area contributed by atoms with E-state index in [9.17, 15) is 4.79 Å². The van der Waals surface area contributed by atoms with E-state index in [1.807, 2.05) is 18.2 Å². The maximum absolute atomic E-state index is 12.7. The fourth-order valence-corrected chi connectivity index (χ4v) is 3.53. The van der Waals surface area contributed by atoms with Crippen LogP contribution >= 0.6 is 24.8 Å². The fourth-order valence-electron chi connectivity index (χ4n) is 3.53. The van der Waals surface area contributed by atoms with Gasteiger partial charge in [0.2, 0.25) is 5.91 Å². The van der Waals surface area contributed by atoms with Crippen molar-refractivity contribution in [2.75, 3.05) is 11.9 Å². The number of nitrogens with one attached hydrogen (secondary N) is 3. The van der Waals surface area contributed by atoms with E-state index in [2.05, 4.69) is 44.0 Å². The monoisotopic (exact) mass is 410 g/mol. The lowest BCUT2D eigenvalue weighted by atomic mass is 10.0. The van der Waals surface area contributed by atoms with Crippen LogP contribution in [-0.2, 0) is 24.2 Å². The molecule has 146 valence electrons. The van der Waals surface area contributed by atoms with Gasteiger partial charge >= 0.3 is 0 Å². The van der Waals surface area contributed by atoms with Crippen LogP contribution in [0.4, 0.5) is 5.69 Å². The number of hydrogen-bond donors (Lipinski definition) is 3. The van der Waals surface area contributed by atoms with Crippen LogP contribution in [0.25, 0.3) is 11.0 Å². The molecule has 1 aromatic carbocycles. The lowest BCUT2D eigenvalue weighted by molar-refractivity contribution is -0.118. The number of hydrogen-bond acceptors (Lipinski definition) is 4. The van der Waals surface area contributed by atoms with E-state index in [0.717, 1.165) is 59.9 Å². The van der Waals surface area contributed by atoms with Crippen LogP contribution in [0.15, 0.2) is 24.5 Å². The first kappa shape index (κ1) is 21.2. The molecule has 0 fully saturated rings. The molecule has 1 aliphatic rings. The van der Waals surface area contributed by atoms with Crippen LogP contribution in [0.1, 0.15) is 37.1 Å². The first-order valence-corrected chi connectivity index (χ1v) is 8.76. The van der Waals surface area contributed by atoms with Crippen molar-refractivity contribution in [1.29, 1.82) is 0 Å². The molecule has 9 heteroatoms. The molecule has 0 saturated carbocycles. The van der Waals surface area contributed by atoms with Crippen molar-refractivity contribution >= 4 is 47.4 Å². The number of imidazole rings is 2. The molecule has 27 heavy (non-hydrogen) atoms. The maximum Gasteiger partial charge on any atom is 0.247 e. The number of anilines is 1. The summed E-state index contributed by atoms with van der Waals surface area (Å²) in [7, 11) is 0. The average Bonchev–Trinajstić information content (AvgIpc) is 3.24. The van der Waals surface area contributed by atoms with Crippen LogP contribution in [0, 0.1) is 0 Å². The highest BCUT2D eigenvalue weighted by molar-refractivity contribution is 5.97. The molecule has 1 aliphatic heterocycles. The fraction of sp³-hybridized carbons (Fsp3) is 0.389. The molecule has 0 saturated heterocycles. The topological polar surface area (TPSA) is 87.6 Å². The van der Waals surface area contributed by atoms with E-state index in [-0.39, 0.29) is 30.7 Å². The van der Waals surface area contributed by atoms with Crippen molar-refractivity contribution in [3.8, 4) is 0 Å². The normalized spacial score (nSPS) is 15.6. The Kier molecular flexibility index (Phi) is 6.86. The van der Waals surface area contributed by atoms with Crippen molar-refractivity contribution in [2.24, 2.45) is 0 Å². The van der Waals surface area contributed by atoms with Gasteiger partial charge in [0.15, 0.2) is 0 Å². The summed E-state index contributed by atoms with van der Waals surface area (Å²) in [6.07, 6.45) is 3.39. The van der Waals surface area contributed by atoms with Gasteiger partial charge in [-0.25, -0.2) is 9.97 Å². The molecule has 7 nitrogen and oxygen atoms in total. The molecule has 3 N–H and O–H groups in total. The summed E-state index contributed by atoms with van der Waals surface area (Å²) in [6, 6.07) is 5.47. The van der Waals surface area contributed by atoms with Crippen LogP contribution < -0.4 is 10.6 Å². The van der Waals surface area contributed by atoms with Crippen LogP contribution in [0.2, 0.25) is 0 Å². The highest BCUT2D eigenvalue weighted by Crippen LogP contribution is 2.24. The van der Waals surface area contributed by atoms with Crippen molar-refractivity contribution < 1.29 is 4.79 Å². The van der Waals surface area contributed by atoms with E-state index in [1.54, 1.807) is 6.33 Å². The first-order valence-electron chi connectivity index (χ1n) is 8.76. The maximum atomic E-state index is 12.7. The number of aromatic nitrogens is 4. The highest BCUT2D eigenvalue weighted by Gasteiger charge is 2.28. The molecular formula is C18H24Cl2N6O. The third-order valence-electron chi connectivity index (χ3n) is 4.74. The summed E-state index contributed by atoms with van der Waals surface area (Å²) in [5.74, 6) is 0.967. The Bertz CT molecular complexity index is 935. The van der Waals surface area contributed by atoms with Gasteiger partial charge in [0.1, 0.15) is 11.9 Å². The number of carbonyl (C=O) groups excluding carboxylic acids is 1. The van der Waals surface area contributed by atoms with Crippen LogP contribution in [0.5, 0.6) is 0 Å². The number of halogens is 2. The molecule has 2 aromatic heterocycles. The number of aryl methyl sites for hydroxylation is 2. The standard InChI is InChI=1S/C18H22N6O.2ClH/c1-3-15-23-13-9-11(5-6-14(13)24(15)4-2)22-18(25)17-16-12(7-8-19-17)20-10-21-16;;/h5-6,9-10,17,19H,3-4,7-8H2,1-2H3,(H,20,21)(H,22,25);2*1H. The molecule has 1 atom stereocenters. The molecule has 4 rings (SSSR count). The van der Waals surface area contributed by atoms with Gasteiger partial charge in [-0.15, -0.1) is 24.8 Å². The molecular weight excluding hydrogens is 387 g/mol. The molecule has 0 aliphatic carbocycles. The minimum atomic E-state index is -0.426. The Balaban J connectivity index is 0.00000131. The second-order valence-corrected chi connectivity index (χ2v) is 6.22. The van der Waals surface area contributed by atoms with Crippen molar-refractivity contribution in [3.63, 3.8) is 0 Å². The number of H-pyrrole nitrogens is 1. The second-order valence-electron chi connectivity index (χ2n) is 6.22. The summed E-state index contributed by atoms with van der Waals surface area (Å²) < 4.78 is 2.21. The average molecular weight is 411 g/mol. The number of rotatable bonds is 4. The van der Waals surface area contributed by atoms with Gasteiger partial charge in [0.25, 0.3) is 0 Å². The number of fused-ring (bicyclic) bond motifs is 2. The zero-order valence-corrected chi connectivity index (χ0v) is 16.9. The minimum Gasteiger partial charge on any atom is -0.348 e. The van der Waals surface area contributed by atoms with Crippen molar-refractivity contribution in [2.45, 2.75) is 39.3 Å². The van der Waals surface area contributed by atoms with Gasteiger partial charge in [0.05, 0.1) is 23.1 Å². The SMILES string of the molecule is CCc1nc2cc(NC(=O)C3NCCc4[nH]cnc43)ccc2n1CC.Cl.Cl.